The number of carbonyl (C=O) groups excluding carboxylic acids is 2. The number of aromatic amines is 3. The number of carboxylic acids is 2. The van der Waals surface area contributed by atoms with Gasteiger partial charge in [0.25, 0.3) is 0 Å². The van der Waals surface area contributed by atoms with Crippen molar-refractivity contribution < 1.29 is 38.9 Å². The molecule has 1 saturated heterocycles. The van der Waals surface area contributed by atoms with Crippen LogP contribution in [-0.4, -0.2) is 63.3 Å². The van der Waals surface area contributed by atoms with E-state index in [1.165, 1.54) is 14.2 Å². The number of carboxylic acid groups (broad SMARTS) is 2. The van der Waals surface area contributed by atoms with Gasteiger partial charge in [-0.3, -0.25) is 14.4 Å². The third kappa shape index (κ3) is 5.93. The van der Waals surface area contributed by atoms with E-state index in [0.717, 1.165) is 50.0 Å². The van der Waals surface area contributed by atoms with Gasteiger partial charge in [0.05, 0.1) is 25.2 Å². The number of H-pyrrole nitrogens is 3. The molecular weight excluding hydrogens is 664 g/mol. The predicted octanol–water partition coefficient (Wildman–Crippen LogP) is 4.06. The molecule has 8 bridgehead atoms. The zero-order valence-corrected chi connectivity index (χ0v) is 30.0. The summed E-state index contributed by atoms with van der Waals surface area (Å²) < 4.78 is 10.4. The lowest BCUT2D eigenvalue weighted by Crippen LogP contribution is -2.40. The molecule has 2 aliphatic heterocycles. The van der Waals surface area contributed by atoms with Crippen molar-refractivity contribution in [3.63, 3.8) is 0 Å². The first kappa shape index (κ1) is 35.8. The van der Waals surface area contributed by atoms with Crippen molar-refractivity contribution in [2.45, 2.75) is 53.4 Å². The average molecular weight is 707 g/mol. The molecule has 3 aromatic rings. The Morgan fingerprint density at radius 2 is 1.42 bits per heavy atom. The molecule has 2 atom stereocenters. The monoisotopic (exact) mass is 706 g/mol. The van der Waals surface area contributed by atoms with Gasteiger partial charge in [0, 0.05) is 63.3 Å². The summed E-state index contributed by atoms with van der Waals surface area (Å²) in [5.74, 6) is -4.16. The molecule has 3 aliphatic rings. The van der Waals surface area contributed by atoms with Crippen LogP contribution in [0.25, 0.3) is 30.4 Å². The highest BCUT2D eigenvalue weighted by Gasteiger charge is 2.55. The summed E-state index contributed by atoms with van der Waals surface area (Å²) in [5, 5.41) is 24.3. The van der Waals surface area contributed by atoms with Crippen molar-refractivity contribution in [2.24, 2.45) is 11.3 Å². The maximum Gasteiger partial charge on any atom is 0.334 e. The molecule has 12 nitrogen and oxygen atoms in total. The first-order valence-electron chi connectivity index (χ1n) is 16.9. The lowest BCUT2D eigenvalue weighted by Gasteiger charge is -2.36. The van der Waals surface area contributed by atoms with Crippen LogP contribution in [0.5, 0.6) is 0 Å². The molecule has 0 amide bonds. The second-order valence-corrected chi connectivity index (χ2v) is 13.5. The van der Waals surface area contributed by atoms with E-state index in [2.05, 4.69) is 26.8 Å². The Kier molecular flexibility index (Phi) is 9.35. The van der Waals surface area contributed by atoms with Crippen molar-refractivity contribution >= 4 is 54.3 Å². The van der Waals surface area contributed by atoms with Crippen molar-refractivity contribution in [1.82, 2.24) is 20.3 Å². The van der Waals surface area contributed by atoms with Crippen molar-refractivity contribution in [3.05, 3.63) is 108 Å². The normalized spacial score (nSPS) is 18.7. The minimum absolute atomic E-state index is 0.0654. The lowest BCUT2D eigenvalue weighted by molar-refractivity contribution is -0.150. The van der Waals surface area contributed by atoms with Gasteiger partial charge in [-0.2, -0.15) is 0 Å². The Hall–Kier alpha value is -6.04. The highest BCUT2D eigenvalue weighted by molar-refractivity contribution is 5.98. The van der Waals surface area contributed by atoms with E-state index in [-0.39, 0.29) is 31.3 Å². The second-order valence-electron chi connectivity index (χ2n) is 13.5. The van der Waals surface area contributed by atoms with E-state index in [0.29, 0.717) is 33.8 Å². The van der Waals surface area contributed by atoms with Gasteiger partial charge >= 0.3 is 23.9 Å². The Morgan fingerprint density at radius 3 is 2.06 bits per heavy atom. The maximum absolute atomic E-state index is 13.7. The van der Waals surface area contributed by atoms with Crippen molar-refractivity contribution in [1.29, 1.82) is 0 Å². The van der Waals surface area contributed by atoms with E-state index in [1.807, 2.05) is 52.0 Å². The van der Waals surface area contributed by atoms with E-state index < -0.39 is 35.2 Å². The van der Waals surface area contributed by atoms with E-state index in [4.69, 9.17) is 9.47 Å². The topological polar surface area (TPSA) is 187 Å². The number of ether oxygens (including phenoxy) is 2. The summed E-state index contributed by atoms with van der Waals surface area (Å²) in [6.45, 7) is 11.8. The minimum atomic E-state index is -1.11. The van der Waals surface area contributed by atoms with Gasteiger partial charge < -0.3 is 40.0 Å². The Balaban J connectivity index is 1.72. The summed E-state index contributed by atoms with van der Waals surface area (Å²) >= 11 is 0. The van der Waals surface area contributed by atoms with Gasteiger partial charge in [0.1, 0.15) is 5.92 Å². The molecule has 0 radical (unpaired) electrons. The molecular formula is C40H42N4O8. The second kappa shape index (κ2) is 13.6. The van der Waals surface area contributed by atoms with Crippen LogP contribution in [0.3, 0.4) is 0 Å². The van der Waals surface area contributed by atoms with Crippen LogP contribution in [0.2, 0.25) is 0 Å². The quantitative estimate of drug-likeness (QED) is 0.179. The number of aliphatic carboxylic acids is 2. The standard InChI is InChI=1S/C40H42N4O8/c1-8-22-19(2)27-15-28-20(3)23(10-13-35(45)46)30(41-28)17-31-24(11-14-36(47)48)21(4)29(42-31)16-33-26-12-9-25(38(49)51-6)37(39(50)52-7)40(26,5)34(44-33)18-32(22)43-27/h8-9,12,15-18,37,41-44H,1,10-11,13-14H2,2-7H3,(H,45,46)(H,47,48). The van der Waals surface area contributed by atoms with Crippen LogP contribution in [0.1, 0.15) is 75.9 Å². The minimum Gasteiger partial charge on any atom is -0.481 e. The molecule has 0 aromatic carbocycles. The Morgan fingerprint density at radius 1 is 0.788 bits per heavy atom. The average Bonchev–Trinajstić information content (AvgIpc) is 3.76. The molecule has 52 heavy (non-hydrogen) atoms. The summed E-state index contributed by atoms with van der Waals surface area (Å²) in [6.07, 6.45) is 13.3. The number of esters is 2. The number of methoxy groups -OCH3 is 2. The van der Waals surface area contributed by atoms with Crippen LogP contribution in [0.15, 0.2) is 41.3 Å². The Bertz CT molecular complexity index is 2320. The first-order chi connectivity index (χ1) is 24.7. The molecule has 5 heterocycles. The fourth-order valence-corrected chi connectivity index (χ4v) is 7.76. The first-order valence-corrected chi connectivity index (χ1v) is 16.9. The molecule has 1 fully saturated rings. The molecule has 1 aliphatic carbocycles. The zero-order chi connectivity index (χ0) is 37.6. The maximum atomic E-state index is 13.7. The van der Waals surface area contributed by atoms with Crippen molar-refractivity contribution in [3.8, 4) is 0 Å². The third-order valence-corrected chi connectivity index (χ3v) is 10.7. The highest BCUT2D eigenvalue weighted by Crippen LogP contribution is 2.55. The molecule has 0 saturated carbocycles. The van der Waals surface area contributed by atoms with Crippen LogP contribution < -0.4 is 16.0 Å². The number of carbonyl (C=O) groups is 4. The van der Waals surface area contributed by atoms with E-state index in [1.54, 1.807) is 18.2 Å². The van der Waals surface area contributed by atoms with Crippen LogP contribution in [-0.2, 0) is 41.5 Å². The highest BCUT2D eigenvalue weighted by atomic mass is 16.5. The number of hydrogen-bond acceptors (Lipinski definition) is 7. The number of nitrogens with one attached hydrogen (secondary N) is 4. The fourth-order valence-electron chi connectivity index (χ4n) is 7.76. The summed E-state index contributed by atoms with van der Waals surface area (Å²) in [4.78, 5) is 60.7. The van der Waals surface area contributed by atoms with Gasteiger partial charge in [-0.1, -0.05) is 24.8 Å². The predicted molar refractivity (Wildman–Crippen MR) is 196 cm³/mol. The summed E-state index contributed by atoms with van der Waals surface area (Å²) in [7, 11) is 2.56. The summed E-state index contributed by atoms with van der Waals surface area (Å²) in [5.41, 5.74) is 9.04. The lowest BCUT2D eigenvalue weighted by atomic mass is 9.64. The fraction of sp³-hybridized carbons (Fsp3) is 0.300. The van der Waals surface area contributed by atoms with Crippen LogP contribution in [0, 0.1) is 32.1 Å². The third-order valence-electron chi connectivity index (χ3n) is 10.7. The van der Waals surface area contributed by atoms with Crippen LogP contribution in [0.4, 0.5) is 0 Å². The Labute approximate surface area is 300 Å². The van der Waals surface area contributed by atoms with Gasteiger partial charge in [0.15, 0.2) is 0 Å². The van der Waals surface area contributed by atoms with E-state index >= 15 is 0 Å². The van der Waals surface area contributed by atoms with Gasteiger partial charge in [0.2, 0.25) is 0 Å². The molecule has 3 aromatic heterocycles. The molecule has 2 unspecified atom stereocenters. The molecule has 12 heteroatoms. The van der Waals surface area contributed by atoms with E-state index in [9.17, 15) is 29.4 Å². The smallest absolute Gasteiger partial charge is 0.334 e. The number of rotatable bonds is 9. The number of fused-ring (bicyclic) bond motifs is 11. The molecule has 6 rings (SSSR count). The molecule has 6 N–H and O–H groups in total. The van der Waals surface area contributed by atoms with Crippen LogP contribution >= 0.6 is 0 Å². The van der Waals surface area contributed by atoms with Gasteiger partial charge in [-0.05, 0) is 98.2 Å². The van der Waals surface area contributed by atoms with Crippen molar-refractivity contribution in [2.75, 3.05) is 14.2 Å². The number of allylic oxidation sites excluding steroid dienone is 4. The zero-order valence-electron chi connectivity index (χ0n) is 30.0. The molecule has 0 spiro atoms. The largest absolute Gasteiger partial charge is 0.481 e. The van der Waals surface area contributed by atoms with Gasteiger partial charge in [-0.15, -0.1) is 0 Å². The van der Waals surface area contributed by atoms with Gasteiger partial charge in [-0.25, -0.2) is 4.79 Å². The summed E-state index contributed by atoms with van der Waals surface area (Å²) in [6, 6.07) is 0. The number of aromatic nitrogens is 3. The number of hydrogen-bond donors (Lipinski definition) is 6. The SMILES string of the molecule is C=Cc1c2[nH]c(c1C)C=c1[nH]c(c(CCC(=O)O)c1C)=Cc1[nH]c(c(C)c1CCC(=O)O)C=C1NC(=C2)C2(C)C1=CC=C(C(=O)OC)C2C(=O)OC. The molecule has 270 valence electrons.